The van der Waals surface area contributed by atoms with Crippen molar-refractivity contribution in [1.29, 1.82) is 0 Å². The van der Waals surface area contributed by atoms with E-state index in [2.05, 4.69) is 11.9 Å². The second-order valence-corrected chi connectivity index (χ2v) is 4.90. The van der Waals surface area contributed by atoms with Crippen molar-refractivity contribution in [2.24, 2.45) is 0 Å². The molecule has 0 radical (unpaired) electrons. The van der Waals surface area contributed by atoms with Gasteiger partial charge in [-0.3, -0.25) is 4.98 Å². The molecular weight excluding hydrogens is 246 g/mol. The zero-order valence-electron chi connectivity index (χ0n) is 11.5. The molecule has 0 aromatic carbocycles. The number of halogens is 1. The Bertz CT molecular complexity index is 341. The lowest BCUT2D eigenvalue weighted by Crippen LogP contribution is -2.01. The zero-order chi connectivity index (χ0) is 13.2. The van der Waals surface area contributed by atoms with Gasteiger partial charge >= 0.3 is 0 Å². The van der Waals surface area contributed by atoms with Gasteiger partial charge in [-0.25, -0.2) is 0 Å². The molecule has 0 bridgehead atoms. The Morgan fingerprint density at radius 1 is 1.17 bits per heavy atom. The minimum absolute atomic E-state index is 0.444. The number of hydrogen-bond acceptors (Lipinski definition) is 2. The van der Waals surface area contributed by atoms with E-state index in [4.69, 9.17) is 16.3 Å². The molecule has 18 heavy (non-hydrogen) atoms. The van der Waals surface area contributed by atoms with Gasteiger partial charge in [-0.05, 0) is 19.4 Å². The molecule has 1 aromatic heterocycles. The molecule has 0 aliphatic carbocycles. The summed E-state index contributed by atoms with van der Waals surface area (Å²) in [4.78, 5) is 4.22. The fourth-order valence-electron chi connectivity index (χ4n) is 1.91. The number of hydrogen-bond donors (Lipinski definition) is 0. The molecule has 1 heterocycles. The van der Waals surface area contributed by atoms with E-state index in [0.717, 1.165) is 30.0 Å². The average Bonchev–Trinajstić information content (AvgIpc) is 2.39. The van der Waals surface area contributed by atoms with E-state index in [-0.39, 0.29) is 0 Å². The Kier molecular flexibility index (Phi) is 7.83. The lowest BCUT2D eigenvalue weighted by molar-refractivity contribution is 0.302. The highest BCUT2D eigenvalue weighted by atomic mass is 35.5. The molecule has 0 atom stereocenters. The van der Waals surface area contributed by atoms with E-state index in [1.54, 1.807) is 6.20 Å². The lowest BCUT2D eigenvalue weighted by atomic mass is 10.1. The molecule has 0 saturated carbocycles. The Hall–Kier alpha value is -0.760. The van der Waals surface area contributed by atoms with Gasteiger partial charge in [0.2, 0.25) is 0 Å². The SMILES string of the molecule is CCCCCCCCOc1ccnc(CCl)c1C. The molecular formula is C15H24ClNO. The smallest absolute Gasteiger partial charge is 0.125 e. The van der Waals surface area contributed by atoms with Crippen LogP contribution in [0.4, 0.5) is 0 Å². The van der Waals surface area contributed by atoms with Crippen molar-refractivity contribution in [3.63, 3.8) is 0 Å². The van der Waals surface area contributed by atoms with Crippen molar-refractivity contribution in [3.8, 4) is 5.75 Å². The predicted molar refractivity (Wildman–Crippen MR) is 77.4 cm³/mol. The molecule has 1 rings (SSSR count). The molecule has 102 valence electrons. The molecule has 3 heteroatoms. The summed E-state index contributed by atoms with van der Waals surface area (Å²) in [5.41, 5.74) is 1.98. The first-order valence-corrected chi connectivity index (χ1v) is 7.46. The molecule has 0 saturated heterocycles. The Labute approximate surface area is 116 Å². The fourth-order valence-corrected chi connectivity index (χ4v) is 2.18. The normalized spacial score (nSPS) is 10.6. The van der Waals surface area contributed by atoms with Gasteiger partial charge in [-0.15, -0.1) is 11.6 Å². The average molecular weight is 270 g/mol. The standard InChI is InChI=1S/C15H24ClNO/c1-3-4-5-6-7-8-11-18-15-9-10-17-14(12-16)13(15)2/h9-10H,3-8,11-12H2,1-2H3. The minimum Gasteiger partial charge on any atom is -0.493 e. The van der Waals surface area contributed by atoms with Gasteiger partial charge in [0.1, 0.15) is 5.75 Å². The number of nitrogens with zero attached hydrogens (tertiary/aromatic N) is 1. The number of aromatic nitrogens is 1. The first kappa shape index (κ1) is 15.3. The molecule has 0 N–H and O–H groups in total. The van der Waals surface area contributed by atoms with Crippen LogP contribution in [0.1, 0.15) is 56.7 Å². The van der Waals surface area contributed by atoms with Crippen LogP contribution in [0.5, 0.6) is 5.75 Å². The monoisotopic (exact) mass is 269 g/mol. The molecule has 0 amide bonds. The van der Waals surface area contributed by atoms with Crippen LogP contribution in [0.3, 0.4) is 0 Å². The molecule has 0 fully saturated rings. The van der Waals surface area contributed by atoms with E-state index in [9.17, 15) is 0 Å². The van der Waals surface area contributed by atoms with E-state index in [1.165, 1.54) is 32.1 Å². The summed E-state index contributed by atoms with van der Waals surface area (Å²) in [6.45, 7) is 5.05. The third-order valence-electron chi connectivity index (χ3n) is 3.14. The van der Waals surface area contributed by atoms with Gasteiger partial charge in [-0.1, -0.05) is 39.0 Å². The van der Waals surface area contributed by atoms with Crippen molar-refractivity contribution >= 4 is 11.6 Å². The number of rotatable bonds is 9. The second-order valence-electron chi connectivity index (χ2n) is 4.63. The molecule has 0 unspecified atom stereocenters. The van der Waals surface area contributed by atoms with Gasteiger partial charge in [0.25, 0.3) is 0 Å². The first-order chi connectivity index (χ1) is 8.79. The van der Waals surface area contributed by atoms with Crippen molar-refractivity contribution in [2.45, 2.75) is 58.3 Å². The summed E-state index contributed by atoms with van der Waals surface area (Å²) in [7, 11) is 0. The third kappa shape index (κ3) is 5.26. The van der Waals surface area contributed by atoms with Crippen molar-refractivity contribution in [1.82, 2.24) is 4.98 Å². The van der Waals surface area contributed by atoms with E-state index < -0.39 is 0 Å². The molecule has 2 nitrogen and oxygen atoms in total. The van der Waals surface area contributed by atoms with Crippen LogP contribution in [0, 0.1) is 6.92 Å². The highest BCUT2D eigenvalue weighted by Crippen LogP contribution is 2.21. The number of unbranched alkanes of at least 4 members (excludes halogenated alkanes) is 5. The lowest BCUT2D eigenvalue weighted by Gasteiger charge is -2.10. The minimum atomic E-state index is 0.444. The summed E-state index contributed by atoms with van der Waals surface area (Å²) in [6.07, 6.45) is 9.47. The van der Waals surface area contributed by atoms with E-state index in [1.807, 2.05) is 13.0 Å². The highest BCUT2D eigenvalue weighted by molar-refractivity contribution is 6.17. The third-order valence-corrected chi connectivity index (χ3v) is 3.39. The first-order valence-electron chi connectivity index (χ1n) is 6.92. The molecule has 0 aliphatic rings. The zero-order valence-corrected chi connectivity index (χ0v) is 12.3. The highest BCUT2D eigenvalue weighted by Gasteiger charge is 2.04. The van der Waals surface area contributed by atoms with Crippen molar-refractivity contribution in [2.75, 3.05) is 6.61 Å². The maximum absolute atomic E-state index is 5.82. The van der Waals surface area contributed by atoms with Crippen LogP contribution in [-0.4, -0.2) is 11.6 Å². The number of ether oxygens (including phenoxy) is 1. The van der Waals surface area contributed by atoms with Gasteiger partial charge < -0.3 is 4.74 Å². The maximum Gasteiger partial charge on any atom is 0.125 e. The van der Waals surface area contributed by atoms with Gasteiger partial charge in [0, 0.05) is 11.8 Å². The Morgan fingerprint density at radius 2 is 1.89 bits per heavy atom. The molecule has 0 spiro atoms. The summed E-state index contributed by atoms with van der Waals surface area (Å²) in [6, 6.07) is 1.92. The number of alkyl halides is 1. The van der Waals surface area contributed by atoms with Crippen LogP contribution in [0.2, 0.25) is 0 Å². The van der Waals surface area contributed by atoms with Crippen molar-refractivity contribution < 1.29 is 4.74 Å². The Balaban J connectivity index is 2.23. The predicted octanol–water partition coefficient (Wildman–Crippen LogP) is 4.87. The molecule has 0 aliphatic heterocycles. The van der Waals surface area contributed by atoms with Gasteiger partial charge in [0.15, 0.2) is 0 Å². The summed E-state index contributed by atoms with van der Waals surface area (Å²) < 4.78 is 5.79. The second kappa shape index (κ2) is 9.21. The number of pyridine rings is 1. The summed E-state index contributed by atoms with van der Waals surface area (Å²) >= 11 is 5.82. The van der Waals surface area contributed by atoms with Crippen LogP contribution in [-0.2, 0) is 5.88 Å². The van der Waals surface area contributed by atoms with Gasteiger partial charge in [0.05, 0.1) is 18.2 Å². The summed E-state index contributed by atoms with van der Waals surface area (Å²) in [5.74, 6) is 1.37. The Morgan fingerprint density at radius 3 is 2.61 bits per heavy atom. The van der Waals surface area contributed by atoms with Crippen LogP contribution in [0.15, 0.2) is 12.3 Å². The molecule has 1 aromatic rings. The van der Waals surface area contributed by atoms with Crippen molar-refractivity contribution in [3.05, 3.63) is 23.5 Å². The fraction of sp³-hybridized carbons (Fsp3) is 0.667. The van der Waals surface area contributed by atoms with E-state index >= 15 is 0 Å². The summed E-state index contributed by atoms with van der Waals surface area (Å²) in [5, 5.41) is 0. The van der Waals surface area contributed by atoms with Crippen LogP contribution >= 0.6 is 11.6 Å². The van der Waals surface area contributed by atoms with Crippen LogP contribution < -0.4 is 4.74 Å². The quantitative estimate of drug-likeness (QED) is 0.471. The van der Waals surface area contributed by atoms with Gasteiger partial charge in [-0.2, -0.15) is 0 Å². The van der Waals surface area contributed by atoms with Crippen LogP contribution in [0.25, 0.3) is 0 Å². The largest absolute Gasteiger partial charge is 0.493 e. The topological polar surface area (TPSA) is 22.1 Å². The van der Waals surface area contributed by atoms with E-state index in [0.29, 0.717) is 5.88 Å². The maximum atomic E-state index is 5.82.